The summed E-state index contributed by atoms with van der Waals surface area (Å²) in [6.45, 7) is 3.73. The second-order valence-corrected chi connectivity index (χ2v) is 5.23. The number of rotatable bonds is 3. The van der Waals surface area contributed by atoms with Gasteiger partial charge in [-0.15, -0.1) is 0 Å². The number of aryl methyl sites for hydroxylation is 1. The Labute approximate surface area is 108 Å². The van der Waals surface area contributed by atoms with Gasteiger partial charge in [0, 0.05) is 5.56 Å². The van der Waals surface area contributed by atoms with E-state index in [-0.39, 0.29) is 12.2 Å². The maximum absolute atomic E-state index is 9.93. The van der Waals surface area contributed by atoms with Crippen molar-refractivity contribution in [2.24, 2.45) is 0 Å². The first-order valence-corrected chi connectivity index (χ1v) is 6.71. The summed E-state index contributed by atoms with van der Waals surface area (Å²) in [4.78, 5) is 0. The van der Waals surface area contributed by atoms with Crippen LogP contribution in [0.5, 0.6) is 5.75 Å². The molecule has 0 aromatic heterocycles. The standard InChI is InChI=1S/C15H22O3/c1-10-7-8-14(12(9-10)11(2)16)18-15-6-4-3-5-13(15)17/h7-9,11,13,15-17H,3-6H2,1-2H3/t11-,13?,15?/m1/s1. The zero-order chi connectivity index (χ0) is 13.1. The van der Waals surface area contributed by atoms with E-state index in [1.54, 1.807) is 6.92 Å². The van der Waals surface area contributed by atoms with Crippen molar-refractivity contribution in [2.45, 2.75) is 57.8 Å². The van der Waals surface area contributed by atoms with Gasteiger partial charge in [-0.2, -0.15) is 0 Å². The van der Waals surface area contributed by atoms with Crippen molar-refractivity contribution < 1.29 is 14.9 Å². The molecule has 1 fully saturated rings. The molecule has 0 radical (unpaired) electrons. The van der Waals surface area contributed by atoms with Crippen LogP contribution < -0.4 is 4.74 Å². The molecule has 0 bridgehead atoms. The Kier molecular flexibility index (Phi) is 4.25. The van der Waals surface area contributed by atoms with Gasteiger partial charge in [-0.25, -0.2) is 0 Å². The Balaban J connectivity index is 2.17. The second-order valence-electron chi connectivity index (χ2n) is 5.23. The first-order chi connectivity index (χ1) is 8.58. The number of ether oxygens (including phenoxy) is 1. The van der Waals surface area contributed by atoms with E-state index in [4.69, 9.17) is 4.74 Å². The minimum Gasteiger partial charge on any atom is -0.487 e. The quantitative estimate of drug-likeness (QED) is 0.867. The van der Waals surface area contributed by atoms with Crippen LogP contribution in [0.25, 0.3) is 0 Å². The summed E-state index contributed by atoms with van der Waals surface area (Å²) in [5.74, 6) is 0.696. The third kappa shape index (κ3) is 3.03. The van der Waals surface area contributed by atoms with Gasteiger partial charge < -0.3 is 14.9 Å². The zero-order valence-electron chi connectivity index (χ0n) is 11.1. The molecule has 1 aromatic rings. The lowest BCUT2D eigenvalue weighted by Crippen LogP contribution is -2.34. The molecule has 0 spiro atoms. The smallest absolute Gasteiger partial charge is 0.125 e. The van der Waals surface area contributed by atoms with Crippen molar-refractivity contribution >= 4 is 0 Å². The van der Waals surface area contributed by atoms with Crippen LogP contribution in [0, 0.1) is 6.92 Å². The van der Waals surface area contributed by atoms with E-state index in [1.807, 2.05) is 25.1 Å². The van der Waals surface area contributed by atoms with Crippen LogP contribution in [0.1, 0.15) is 49.8 Å². The maximum atomic E-state index is 9.93. The molecule has 0 saturated heterocycles. The van der Waals surface area contributed by atoms with Crippen LogP contribution in [0.15, 0.2) is 18.2 Å². The second kappa shape index (κ2) is 5.72. The van der Waals surface area contributed by atoms with Gasteiger partial charge in [0.1, 0.15) is 11.9 Å². The van der Waals surface area contributed by atoms with E-state index in [0.717, 1.165) is 36.8 Å². The molecule has 3 nitrogen and oxygen atoms in total. The largest absolute Gasteiger partial charge is 0.487 e. The molecular formula is C15H22O3. The Morgan fingerprint density at radius 2 is 2.00 bits per heavy atom. The summed E-state index contributed by atoms with van der Waals surface area (Å²) in [5.41, 5.74) is 1.90. The molecule has 3 atom stereocenters. The first kappa shape index (κ1) is 13.4. The van der Waals surface area contributed by atoms with Gasteiger partial charge in [0.2, 0.25) is 0 Å². The van der Waals surface area contributed by atoms with Gasteiger partial charge in [-0.1, -0.05) is 18.1 Å². The van der Waals surface area contributed by atoms with Crippen molar-refractivity contribution in [3.8, 4) is 5.75 Å². The number of aliphatic hydroxyl groups is 2. The predicted molar refractivity (Wildman–Crippen MR) is 70.7 cm³/mol. The summed E-state index contributed by atoms with van der Waals surface area (Å²) in [6, 6.07) is 5.80. The van der Waals surface area contributed by atoms with Crippen molar-refractivity contribution in [3.05, 3.63) is 29.3 Å². The maximum Gasteiger partial charge on any atom is 0.125 e. The lowest BCUT2D eigenvalue weighted by atomic mass is 9.94. The topological polar surface area (TPSA) is 49.7 Å². The van der Waals surface area contributed by atoms with Crippen molar-refractivity contribution in [3.63, 3.8) is 0 Å². The van der Waals surface area contributed by atoms with E-state index >= 15 is 0 Å². The van der Waals surface area contributed by atoms with E-state index < -0.39 is 6.10 Å². The minimum atomic E-state index is -0.555. The third-order valence-corrected chi connectivity index (χ3v) is 3.56. The van der Waals surface area contributed by atoms with Crippen molar-refractivity contribution in [1.82, 2.24) is 0 Å². The summed E-state index contributed by atoms with van der Waals surface area (Å²) < 4.78 is 5.90. The number of hydrogen-bond donors (Lipinski definition) is 2. The van der Waals surface area contributed by atoms with Crippen LogP contribution in [-0.2, 0) is 0 Å². The number of hydrogen-bond acceptors (Lipinski definition) is 3. The van der Waals surface area contributed by atoms with Gasteiger partial charge >= 0.3 is 0 Å². The zero-order valence-corrected chi connectivity index (χ0v) is 11.1. The fourth-order valence-corrected chi connectivity index (χ4v) is 2.48. The molecule has 100 valence electrons. The monoisotopic (exact) mass is 250 g/mol. The average molecular weight is 250 g/mol. The van der Waals surface area contributed by atoms with Gasteiger partial charge in [0.15, 0.2) is 0 Å². The molecule has 2 unspecified atom stereocenters. The fraction of sp³-hybridized carbons (Fsp3) is 0.600. The van der Waals surface area contributed by atoms with Crippen LogP contribution >= 0.6 is 0 Å². The molecular weight excluding hydrogens is 228 g/mol. The van der Waals surface area contributed by atoms with Gasteiger partial charge in [-0.05, 0) is 45.2 Å². The van der Waals surface area contributed by atoms with E-state index in [2.05, 4.69) is 0 Å². The summed E-state index contributed by atoms with van der Waals surface area (Å²) in [7, 11) is 0. The van der Waals surface area contributed by atoms with Gasteiger partial charge in [0.25, 0.3) is 0 Å². The van der Waals surface area contributed by atoms with Gasteiger partial charge in [-0.3, -0.25) is 0 Å². The lowest BCUT2D eigenvalue weighted by Gasteiger charge is -2.29. The lowest BCUT2D eigenvalue weighted by molar-refractivity contribution is 0.00527. The number of aliphatic hydroxyl groups excluding tert-OH is 2. The Hall–Kier alpha value is -1.06. The molecule has 1 aromatic carbocycles. The molecule has 3 heteroatoms. The fourth-order valence-electron chi connectivity index (χ4n) is 2.48. The Morgan fingerprint density at radius 3 is 2.67 bits per heavy atom. The number of benzene rings is 1. The van der Waals surface area contributed by atoms with E-state index in [1.165, 1.54) is 0 Å². The van der Waals surface area contributed by atoms with E-state index in [0.29, 0.717) is 5.75 Å². The SMILES string of the molecule is Cc1ccc(OC2CCCCC2O)c([C@@H](C)O)c1. The predicted octanol–water partition coefficient (Wildman–Crippen LogP) is 2.73. The van der Waals surface area contributed by atoms with Gasteiger partial charge in [0.05, 0.1) is 12.2 Å². The highest BCUT2D eigenvalue weighted by Gasteiger charge is 2.25. The molecule has 2 rings (SSSR count). The molecule has 0 aliphatic heterocycles. The summed E-state index contributed by atoms with van der Waals surface area (Å²) >= 11 is 0. The summed E-state index contributed by atoms with van der Waals surface area (Å²) in [6.07, 6.45) is 2.77. The van der Waals surface area contributed by atoms with Crippen molar-refractivity contribution in [2.75, 3.05) is 0 Å². The highest BCUT2D eigenvalue weighted by Crippen LogP contribution is 2.30. The molecule has 1 aliphatic rings. The van der Waals surface area contributed by atoms with E-state index in [9.17, 15) is 10.2 Å². The summed E-state index contributed by atoms with van der Waals surface area (Å²) in [5, 5.41) is 19.7. The molecule has 1 aliphatic carbocycles. The van der Waals surface area contributed by atoms with Crippen LogP contribution in [0.4, 0.5) is 0 Å². The first-order valence-electron chi connectivity index (χ1n) is 6.71. The Bertz CT molecular complexity index is 401. The highest BCUT2D eigenvalue weighted by molar-refractivity contribution is 5.38. The molecule has 2 N–H and O–H groups in total. The minimum absolute atomic E-state index is 0.140. The van der Waals surface area contributed by atoms with Crippen LogP contribution in [-0.4, -0.2) is 22.4 Å². The molecule has 0 amide bonds. The van der Waals surface area contributed by atoms with Crippen molar-refractivity contribution in [1.29, 1.82) is 0 Å². The average Bonchev–Trinajstić information content (AvgIpc) is 2.34. The van der Waals surface area contributed by atoms with Crippen LogP contribution in [0.3, 0.4) is 0 Å². The highest BCUT2D eigenvalue weighted by atomic mass is 16.5. The molecule has 1 saturated carbocycles. The molecule has 18 heavy (non-hydrogen) atoms. The third-order valence-electron chi connectivity index (χ3n) is 3.56. The normalized spacial score (nSPS) is 25.8. The Morgan fingerprint density at radius 1 is 1.28 bits per heavy atom. The molecule has 0 heterocycles. The van der Waals surface area contributed by atoms with Crippen LogP contribution in [0.2, 0.25) is 0 Å².